The molecule has 7 aliphatic rings. The van der Waals surface area contributed by atoms with E-state index in [0.29, 0.717) is 17.1 Å². The van der Waals surface area contributed by atoms with Gasteiger partial charge in [0, 0.05) is 43.7 Å². The predicted octanol–water partition coefficient (Wildman–Crippen LogP) is 8.80. The topological polar surface area (TPSA) is 81.8 Å². The van der Waals surface area contributed by atoms with E-state index in [2.05, 4.69) is 114 Å². The van der Waals surface area contributed by atoms with Gasteiger partial charge in [-0.05, 0) is 85.1 Å². The molecule has 0 saturated carbocycles. The van der Waals surface area contributed by atoms with Crippen molar-refractivity contribution in [3.05, 3.63) is 106 Å². The van der Waals surface area contributed by atoms with Gasteiger partial charge in [0.05, 0.1) is 23.3 Å². The molecular formula is C46H58N4O3. The van der Waals surface area contributed by atoms with Crippen LogP contribution in [0.2, 0.25) is 0 Å². The summed E-state index contributed by atoms with van der Waals surface area (Å²) >= 11 is 0. The molecule has 0 N–H and O–H groups in total. The van der Waals surface area contributed by atoms with E-state index in [0.717, 1.165) is 51.9 Å². The van der Waals surface area contributed by atoms with Crippen molar-refractivity contribution in [1.82, 2.24) is 9.80 Å². The highest BCUT2D eigenvalue weighted by molar-refractivity contribution is 5.57. The van der Waals surface area contributed by atoms with Gasteiger partial charge >= 0.3 is 0 Å². The van der Waals surface area contributed by atoms with Gasteiger partial charge in [-0.3, -0.25) is 9.80 Å². The fraction of sp³-hybridized carbons (Fsp3) is 0.565. The molecule has 4 saturated heterocycles. The Morgan fingerprint density at radius 1 is 0.679 bits per heavy atom. The van der Waals surface area contributed by atoms with E-state index < -0.39 is 0 Å². The summed E-state index contributed by atoms with van der Waals surface area (Å²) in [7, 11) is 3.73. The van der Waals surface area contributed by atoms with Crippen LogP contribution >= 0.6 is 0 Å². The third-order valence-corrected chi connectivity index (χ3v) is 14.5. The number of rotatable bonds is 6. The Bertz CT molecular complexity index is 1810. The Morgan fingerprint density at radius 2 is 1.09 bits per heavy atom. The third-order valence-electron chi connectivity index (χ3n) is 14.5. The lowest BCUT2D eigenvalue weighted by atomic mass is 9.52. The van der Waals surface area contributed by atoms with Crippen LogP contribution in [-0.2, 0) is 14.2 Å². The summed E-state index contributed by atoms with van der Waals surface area (Å²) in [6, 6.07) is 4.18. The molecule has 4 unspecified atom stereocenters. The van der Waals surface area contributed by atoms with Crippen molar-refractivity contribution < 1.29 is 14.2 Å². The summed E-state index contributed by atoms with van der Waals surface area (Å²) in [5, 5.41) is 19.7. The number of allylic oxidation sites excluding steroid dienone is 12. The van der Waals surface area contributed by atoms with Crippen LogP contribution in [0.1, 0.15) is 81.1 Å². The van der Waals surface area contributed by atoms with Crippen LogP contribution in [0.15, 0.2) is 106 Å². The van der Waals surface area contributed by atoms with E-state index >= 15 is 0 Å². The lowest BCUT2D eigenvalue weighted by Gasteiger charge is -2.66. The van der Waals surface area contributed by atoms with Gasteiger partial charge in [-0.15, -0.1) is 0 Å². The Kier molecular flexibility index (Phi) is 9.19. The molecule has 5 heterocycles. The first-order valence-electron chi connectivity index (χ1n) is 19.5. The van der Waals surface area contributed by atoms with Gasteiger partial charge in [-0.25, -0.2) is 0 Å². The number of methoxy groups -OCH3 is 2. The number of ether oxygens (including phenoxy) is 3. The summed E-state index contributed by atoms with van der Waals surface area (Å²) in [5.41, 5.74) is 5.21. The standard InChI is InChI=1S/C46H58N4O3/c1-41(2)21-25-49-23-17-37-31(15-19-45(49,39(41)51-9)43(37,5)6)11-13-35-27-33(34(29-47)30-48)28-36(53-35)14-12-32-16-20-46-40(52-10)42(3,4)22-26-50(46)24-18-38(32)44(46,7)8/h11-16,19-20,27-28,39-40H,17-18,21-26H2,1-10H3. The molecule has 280 valence electrons. The Hall–Kier alpha value is -3.72. The van der Waals surface area contributed by atoms with Gasteiger partial charge < -0.3 is 14.2 Å². The summed E-state index contributed by atoms with van der Waals surface area (Å²) in [6.45, 7) is 23.0. The van der Waals surface area contributed by atoms with Crippen molar-refractivity contribution in [3.63, 3.8) is 0 Å². The van der Waals surface area contributed by atoms with Crippen molar-refractivity contribution in [3.8, 4) is 12.1 Å². The highest BCUT2D eigenvalue weighted by atomic mass is 16.5. The molecule has 0 aromatic rings. The molecule has 0 aromatic heterocycles. The van der Waals surface area contributed by atoms with Crippen molar-refractivity contribution in [2.45, 2.75) is 104 Å². The van der Waals surface area contributed by atoms with Crippen LogP contribution in [-0.4, -0.2) is 73.5 Å². The zero-order valence-corrected chi connectivity index (χ0v) is 33.6. The molecule has 5 aliphatic heterocycles. The van der Waals surface area contributed by atoms with Crippen LogP contribution in [0, 0.1) is 44.3 Å². The molecule has 53 heavy (non-hydrogen) atoms. The fourth-order valence-electron chi connectivity index (χ4n) is 11.7. The molecule has 0 radical (unpaired) electrons. The van der Waals surface area contributed by atoms with Gasteiger partial charge in [0.2, 0.25) is 0 Å². The Labute approximate surface area is 318 Å². The van der Waals surface area contributed by atoms with Crippen molar-refractivity contribution >= 4 is 0 Å². The maximum atomic E-state index is 9.85. The first-order valence-corrected chi connectivity index (χ1v) is 19.5. The van der Waals surface area contributed by atoms with Crippen LogP contribution in [0.4, 0.5) is 0 Å². The van der Waals surface area contributed by atoms with Crippen LogP contribution < -0.4 is 0 Å². The van der Waals surface area contributed by atoms with Crippen LogP contribution in [0.5, 0.6) is 0 Å². The number of fused-ring (bicyclic) bond motifs is 2. The number of piperidine rings is 4. The number of hydrogen-bond donors (Lipinski definition) is 0. The predicted molar refractivity (Wildman–Crippen MR) is 210 cm³/mol. The fourth-order valence-corrected chi connectivity index (χ4v) is 11.7. The number of hydrogen-bond acceptors (Lipinski definition) is 7. The van der Waals surface area contributed by atoms with Gasteiger partial charge in [0.25, 0.3) is 0 Å². The zero-order valence-electron chi connectivity index (χ0n) is 33.6. The van der Waals surface area contributed by atoms with Crippen LogP contribution in [0.3, 0.4) is 0 Å². The Morgan fingerprint density at radius 3 is 1.47 bits per heavy atom. The van der Waals surface area contributed by atoms with Gasteiger partial charge in [-0.1, -0.05) is 103 Å². The van der Waals surface area contributed by atoms with E-state index in [1.165, 1.54) is 22.3 Å². The van der Waals surface area contributed by atoms with E-state index in [9.17, 15) is 10.5 Å². The third kappa shape index (κ3) is 5.41. The lowest BCUT2D eigenvalue weighted by Crippen LogP contribution is -2.73. The van der Waals surface area contributed by atoms with Gasteiger partial charge in [-0.2, -0.15) is 10.5 Å². The highest BCUT2D eigenvalue weighted by Gasteiger charge is 2.65. The number of nitrogens with zero attached hydrogens (tertiary/aromatic N) is 4. The first-order chi connectivity index (χ1) is 25.0. The lowest BCUT2D eigenvalue weighted by molar-refractivity contribution is -0.170. The molecule has 2 aliphatic carbocycles. The number of nitriles is 2. The molecule has 4 fully saturated rings. The van der Waals surface area contributed by atoms with E-state index in [-0.39, 0.29) is 50.5 Å². The first kappa shape index (κ1) is 37.6. The normalized spacial score (nSPS) is 33.8. The molecule has 4 bridgehead atoms. The maximum Gasteiger partial charge on any atom is 0.137 e. The van der Waals surface area contributed by atoms with Crippen molar-refractivity contribution in [2.24, 2.45) is 21.7 Å². The minimum Gasteiger partial charge on any atom is -0.457 e. The molecule has 0 amide bonds. The smallest absolute Gasteiger partial charge is 0.137 e. The minimum atomic E-state index is -0.216. The quantitative estimate of drug-likeness (QED) is 0.255. The summed E-state index contributed by atoms with van der Waals surface area (Å²) in [6.07, 6.45) is 25.5. The molecule has 7 rings (SSSR count). The highest BCUT2D eigenvalue weighted by Crippen LogP contribution is 2.61. The summed E-state index contributed by atoms with van der Waals surface area (Å²) < 4.78 is 19.2. The second-order valence-electron chi connectivity index (χ2n) is 18.5. The minimum absolute atomic E-state index is 0.0550. The molecule has 4 atom stereocenters. The van der Waals surface area contributed by atoms with E-state index in [4.69, 9.17) is 14.2 Å². The zero-order chi connectivity index (χ0) is 38.2. The van der Waals surface area contributed by atoms with Gasteiger partial charge in [0.1, 0.15) is 29.2 Å². The molecule has 7 nitrogen and oxygen atoms in total. The SMILES string of the molecule is COC1C(C)(C)CCN2CCC3=C(C=CC4=CC(=C(C#N)C#N)C=C(C=CC5=C6CCN7CCC(C)(C)C(OC)C7(C=C5)C6(C)C)O4)C=CC12C3(C)C. The average Bonchev–Trinajstić information content (AvgIpc) is 3.08. The second kappa shape index (κ2) is 13.0. The molecule has 2 spiro atoms. The molecular weight excluding hydrogens is 657 g/mol. The molecule has 0 aromatic carbocycles. The summed E-state index contributed by atoms with van der Waals surface area (Å²) in [5.74, 6) is 1.18. The monoisotopic (exact) mass is 714 g/mol. The average molecular weight is 715 g/mol. The largest absolute Gasteiger partial charge is 0.457 e. The van der Waals surface area contributed by atoms with E-state index in [1.807, 2.05) is 26.4 Å². The van der Waals surface area contributed by atoms with Crippen molar-refractivity contribution in [2.75, 3.05) is 40.4 Å². The van der Waals surface area contributed by atoms with Crippen molar-refractivity contribution in [1.29, 1.82) is 10.5 Å². The van der Waals surface area contributed by atoms with E-state index in [1.54, 1.807) is 12.2 Å². The maximum absolute atomic E-state index is 9.85. The molecule has 7 heteroatoms. The van der Waals surface area contributed by atoms with Crippen LogP contribution in [0.25, 0.3) is 0 Å². The van der Waals surface area contributed by atoms with Gasteiger partial charge in [0.15, 0.2) is 0 Å². The summed E-state index contributed by atoms with van der Waals surface area (Å²) in [4.78, 5) is 5.30. The second-order valence-corrected chi connectivity index (χ2v) is 18.5. The Balaban J connectivity index is 1.19.